The molecule has 2 aromatic rings. The summed E-state index contributed by atoms with van der Waals surface area (Å²) in [5.41, 5.74) is 1.19. The van der Waals surface area contributed by atoms with Crippen LogP contribution in [0, 0.1) is 13.8 Å². The maximum atomic E-state index is 6.34. The molecule has 1 saturated heterocycles. The van der Waals surface area contributed by atoms with Crippen LogP contribution in [0.5, 0.6) is 0 Å². The van der Waals surface area contributed by atoms with Gasteiger partial charge in [0.25, 0.3) is 0 Å². The molecule has 4 nitrogen and oxygen atoms in total. The molecule has 1 aliphatic heterocycles. The number of ether oxygens (including phenoxy) is 1. The Hall–Kier alpha value is -0.750. The summed E-state index contributed by atoms with van der Waals surface area (Å²) in [4.78, 5) is 13.6. The molecule has 0 bridgehead atoms. The highest BCUT2D eigenvalue weighted by molar-refractivity contribution is 7.18. The summed E-state index contributed by atoms with van der Waals surface area (Å²) >= 11 is 8.02. The standard InChI is InChI=1S/C14H18ClN3OS/c1-8-9(2)20-14-12(8)13(15)16-11(17-14)6-18(3)10-4-5-19-7-10/h10H,4-7H2,1-3H3. The molecule has 0 N–H and O–H groups in total. The molecule has 0 aliphatic carbocycles. The number of nitrogens with zero attached hydrogens (tertiary/aromatic N) is 3. The second kappa shape index (κ2) is 5.56. The molecule has 1 unspecified atom stereocenters. The Morgan fingerprint density at radius 2 is 2.20 bits per heavy atom. The van der Waals surface area contributed by atoms with Gasteiger partial charge in [-0.25, -0.2) is 9.97 Å². The summed E-state index contributed by atoms with van der Waals surface area (Å²) in [5, 5.41) is 1.58. The van der Waals surface area contributed by atoms with E-state index < -0.39 is 0 Å². The lowest BCUT2D eigenvalue weighted by molar-refractivity contribution is 0.155. The van der Waals surface area contributed by atoms with Crippen LogP contribution in [0.3, 0.4) is 0 Å². The number of aryl methyl sites for hydroxylation is 2. The van der Waals surface area contributed by atoms with Crippen molar-refractivity contribution in [1.29, 1.82) is 0 Å². The van der Waals surface area contributed by atoms with E-state index in [0.717, 1.165) is 35.7 Å². The minimum atomic E-state index is 0.458. The molecule has 20 heavy (non-hydrogen) atoms. The lowest BCUT2D eigenvalue weighted by Crippen LogP contribution is -2.32. The van der Waals surface area contributed by atoms with Crippen LogP contribution in [0.1, 0.15) is 22.7 Å². The minimum Gasteiger partial charge on any atom is -0.380 e. The number of likely N-dealkylation sites (N-methyl/N-ethyl adjacent to an activating group) is 1. The van der Waals surface area contributed by atoms with Gasteiger partial charge in [0.15, 0.2) is 0 Å². The molecule has 0 spiro atoms. The summed E-state index contributed by atoms with van der Waals surface area (Å²) in [5.74, 6) is 0.790. The zero-order valence-corrected chi connectivity index (χ0v) is 13.5. The summed E-state index contributed by atoms with van der Waals surface area (Å²) < 4.78 is 5.42. The van der Waals surface area contributed by atoms with Crippen LogP contribution in [0.15, 0.2) is 0 Å². The van der Waals surface area contributed by atoms with Crippen molar-refractivity contribution < 1.29 is 4.74 Å². The van der Waals surface area contributed by atoms with Crippen molar-refractivity contribution in [3.63, 3.8) is 0 Å². The van der Waals surface area contributed by atoms with Gasteiger partial charge in [-0.15, -0.1) is 11.3 Å². The van der Waals surface area contributed by atoms with E-state index in [1.54, 1.807) is 11.3 Å². The Bertz CT molecular complexity index is 637. The van der Waals surface area contributed by atoms with Crippen molar-refractivity contribution in [2.45, 2.75) is 32.9 Å². The van der Waals surface area contributed by atoms with Gasteiger partial charge in [-0.05, 0) is 32.9 Å². The fourth-order valence-corrected chi connectivity index (χ4v) is 3.97. The monoisotopic (exact) mass is 311 g/mol. The molecule has 0 aromatic carbocycles. The van der Waals surface area contributed by atoms with E-state index in [4.69, 9.17) is 16.3 Å². The van der Waals surface area contributed by atoms with E-state index in [1.807, 2.05) is 0 Å². The quantitative estimate of drug-likeness (QED) is 0.816. The largest absolute Gasteiger partial charge is 0.380 e. The fourth-order valence-electron chi connectivity index (χ4n) is 2.53. The van der Waals surface area contributed by atoms with Gasteiger partial charge in [-0.2, -0.15) is 0 Å². The topological polar surface area (TPSA) is 38.2 Å². The van der Waals surface area contributed by atoms with Gasteiger partial charge in [0.05, 0.1) is 18.5 Å². The van der Waals surface area contributed by atoms with Crippen molar-refractivity contribution in [3.8, 4) is 0 Å². The molecule has 3 rings (SSSR count). The second-order valence-corrected chi connectivity index (χ2v) is 6.89. The van der Waals surface area contributed by atoms with Crippen molar-refractivity contribution in [3.05, 3.63) is 21.4 Å². The SMILES string of the molecule is Cc1sc2nc(CN(C)C3CCOC3)nc(Cl)c2c1C. The van der Waals surface area contributed by atoms with E-state index in [9.17, 15) is 0 Å². The zero-order chi connectivity index (χ0) is 14.3. The van der Waals surface area contributed by atoms with Gasteiger partial charge in [0, 0.05) is 17.5 Å². The van der Waals surface area contributed by atoms with Crippen LogP contribution >= 0.6 is 22.9 Å². The first-order chi connectivity index (χ1) is 9.56. The molecule has 1 aliphatic rings. The number of fused-ring (bicyclic) bond motifs is 1. The maximum Gasteiger partial charge on any atom is 0.145 e. The number of halogens is 1. The molecule has 3 heterocycles. The fraction of sp³-hybridized carbons (Fsp3) is 0.571. The lowest BCUT2D eigenvalue weighted by atomic mass is 10.2. The average Bonchev–Trinajstić information content (AvgIpc) is 2.99. The van der Waals surface area contributed by atoms with Crippen LogP contribution < -0.4 is 0 Å². The molecule has 1 atom stereocenters. The highest BCUT2D eigenvalue weighted by Crippen LogP contribution is 2.33. The van der Waals surface area contributed by atoms with E-state index in [-0.39, 0.29) is 0 Å². The summed E-state index contributed by atoms with van der Waals surface area (Å²) in [6.45, 7) is 6.52. The Morgan fingerprint density at radius 1 is 1.40 bits per heavy atom. The highest BCUT2D eigenvalue weighted by Gasteiger charge is 2.22. The zero-order valence-electron chi connectivity index (χ0n) is 11.9. The van der Waals surface area contributed by atoms with Crippen LogP contribution in [0.4, 0.5) is 0 Å². The van der Waals surface area contributed by atoms with E-state index >= 15 is 0 Å². The molecule has 2 aromatic heterocycles. The van der Waals surface area contributed by atoms with Crippen molar-refractivity contribution in [2.24, 2.45) is 0 Å². The molecule has 108 valence electrons. The van der Waals surface area contributed by atoms with Crippen LogP contribution in [0.25, 0.3) is 10.2 Å². The van der Waals surface area contributed by atoms with Crippen LogP contribution in [0.2, 0.25) is 5.15 Å². The Labute approximate surface area is 127 Å². The molecule has 0 amide bonds. The molecule has 1 fully saturated rings. The predicted octanol–water partition coefficient (Wildman–Crippen LogP) is 3.18. The predicted molar refractivity (Wildman–Crippen MR) is 82.6 cm³/mol. The van der Waals surface area contributed by atoms with Gasteiger partial charge >= 0.3 is 0 Å². The van der Waals surface area contributed by atoms with Crippen LogP contribution in [-0.4, -0.2) is 41.2 Å². The number of aromatic nitrogens is 2. The van der Waals surface area contributed by atoms with Crippen molar-refractivity contribution >= 4 is 33.2 Å². The minimum absolute atomic E-state index is 0.458. The molecular formula is C14H18ClN3OS. The Kier molecular flexibility index (Phi) is 3.95. The highest BCUT2D eigenvalue weighted by atomic mass is 35.5. The van der Waals surface area contributed by atoms with Crippen molar-refractivity contribution in [2.75, 3.05) is 20.3 Å². The average molecular weight is 312 g/mol. The lowest BCUT2D eigenvalue weighted by Gasteiger charge is -2.21. The first-order valence-electron chi connectivity index (χ1n) is 6.76. The number of hydrogen-bond donors (Lipinski definition) is 0. The maximum absolute atomic E-state index is 6.34. The first-order valence-corrected chi connectivity index (χ1v) is 7.96. The number of rotatable bonds is 3. The smallest absolute Gasteiger partial charge is 0.145 e. The van der Waals surface area contributed by atoms with Gasteiger partial charge < -0.3 is 4.74 Å². The number of thiophene rings is 1. The van der Waals surface area contributed by atoms with Crippen LogP contribution in [-0.2, 0) is 11.3 Å². The van der Waals surface area contributed by atoms with Gasteiger partial charge in [0.2, 0.25) is 0 Å². The molecule has 6 heteroatoms. The Balaban J connectivity index is 1.88. The summed E-state index contributed by atoms with van der Waals surface area (Å²) in [6.07, 6.45) is 1.07. The molecule has 0 saturated carbocycles. The van der Waals surface area contributed by atoms with Crippen molar-refractivity contribution in [1.82, 2.24) is 14.9 Å². The Morgan fingerprint density at radius 3 is 2.90 bits per heavy atom. The van der Waals surface area contributed by atoms with Gasteiger partial charge in [-0.3, -0.25) is 4.90 Å². The summed E-state index contributed by atoms with van der Waals surface area (Å²) in [7, 11) is 2.09. The van der Waals surface area contributed by atoms with E-state index in [1.165, 1.54) is 10.4 Å². The van der Waals surface area contributed by atoms with Gasteiger partial charge in [-0.1, -0.05) is 11.6 Å². The molecule has 0 radical (unpaired) electrons. The third-order valence-corrected chi connectivity index (χ3v) is 5.33. The second-order valence-electron chi connectivity index (χ2n) is 5.33. The first kappa shape index (κ1) is 14.2. The number of hydrogen-bond acceptors (Lipinski definition) is 5. The van der Waals surface area contributed by atoms with Gasteiger partial charge in [0.1, 0.15) is 15.8 Å². The summed E-state index contributed by atoms with van der Waals surface area (Å²) in [6, 6.07) is 0.458. The molecular weight excluding hydrogens is 294 g/mol. The normalized spacial score (nSPS) is 19.4. The van der Waals surface area contributed by atoms with E-state index in [2.05, 4.69) is 35.8 Å². The third kappa shape index (κ3) is 2.55. The van der Waals surface area contributed by atoms with E-state index in [0.29, 0.717) is 17.7 Å². The third-order valence-electron chi connectivity index (χ3n) is 3.95.